The minimum absolute atomic E-state index is 0.0205. The second-order valence-electron chi connectivity index (χ2n) is 3.07. The Bertz CT molecular complexity index is 367. The van der Waals surface area contributed by atoms with Gasteiger partial charge in [-0.2, -0.15) is 0 Å². The molecule has 1 aromatic rings. The maximum atomic E-state index is 10.9. The van der Waals surface area contributed by atoms with Gasteiger partial charge in [-0.25, -0.2) is 5.48 Å². The Balaban J connectivity index is 2.81. The molecule has 1 atom stereocenters. The lowest BCUT2D eigenvalue weighted by Gasteiger charge is -2.10. The summed E-state index contributed by atoms with van der Waals surface area (Å²) in [7, 11) is 0. The average Bonchev–Trinajstić information content (AvgIpc) is 2.23. The van der Waals surface area contributed by atoms with Crippen LogP contribution in [0, 0.1) is 0 Å². The largest absolute Gasteiger partial charge is 0.504 e. The molecule has 1 aromatic carbocycles. The van der Waals surface area contributed by atoms with Crippen molar-refractivity contribution in [3.63, 3.8) is 0 Å². The van der Waals surface area contributed by atoms with Gasteiger partial charge in [-0.3, -0.25) is 10.0 Å². The molecular formula is C9H12N2O4. The number of phenolic OH excluding ortho intramolecular Hbond substituents is 2. The van der Waals surface area contributed by atoms with E-state index in [9.17, 15) is 9.90 Å². The minimum atomic E-state index is -0.984. The van der Waals surface area contributed by atoms with Crippen LogP contribution in [0.5, 0.6) is 11.5 Å². The van der Waals surface area contributed by atoms with E-state index in [0.717, 1.165) is 0 Å². The van der Waals surface area contributed by atoms with E-state index in [1.807, 2.05) is 0 Å². The molecule has 0 fully saturated rings. The average molecular weight is 212 g/mol. The van der Waals surface area contributed by atoms with Crippen LogP contribution < -0.4 is 11.2 Å². The third kappa shape index (κ3) is 2.58. The maximum absolute atomic E-state index is 10.9. The van der Waals surface area contributed by atoms with Crippen LogP contribution in [-0.2, 0) is 11.2 Å². The molecule has 1 rings (SSSR count). The number of amides is 1. The van der Waals surface area contributed by atoms with Gasteiger partial charge >= 0.3 is 0 Å². The zero-order valence-corrected chi connectivity index (χ0v) is 7.84. The molecule has 6 nitrogen and oxygen atoms in total. The van der Waals surface area contributed by atoms with Gasteiger partial charge in [0, 0.05) is 6.42 Å². The first-order chi connectivity index (χ1) is 7.06. The molecule has 0 heterocycles. The van der Waals surface area contributed by atoms with Crippen molar-refractivity contribution in [2.24, 2.45) is 5.73 Å². The molecule has 0 spiro atoms. The summed E-state index contributed by atoms with van der Waals surface area (Å²) in [5.41, 5.74) is 7.16. The van der Waals surface area contributed by atoms with E-state index in [1.54, 1.807) is 0 Å². The Kier molecular flexibility index (Phi) is 3.48. The van der Waals surface area contributed by atoms with Gasteiger partial charge in [-0.1, -0.05) is 12.1 Å². The zero-order chi connectivity index (χ0) is 11.4. The maximum Gasteiger partial charge on any atom is 0.260 e. The van der Waals surface area contributed by atoms with E-state index in [0.29, 0.717) is 5.56 Å². The molecule has 82 valence electrons. The molecule has 0 saturated heterocycles. The molecule has 0 aliphatic rings. The number of phenols is 2. The van der Waals surface area contributed by atoms with E-state index in [4.69, 9.17) is 16.0 Å². The molecular weight excluding hydrogens is 200 g/mol. The van der Waals surface area contributed by atoms with E-state index in [-0.39, 0.29) is 17.9 Å². The van der Waals surface area contributed by atoms with Crippen molar-refractivity contribution in [2.45, 2.75) is 12.5 Å². The Labute approximate surface area is 85.9 Å². The fraction of sp³-hybridized carbons (Fsp3) is 0.222. The third-order valence-corrected chi connectivity index (χ3v) is 1.99. The number of hydrogen-bond donors (Lipinski definition) is 5. The highest BCUT2D eigenvalue weighted by molar-refractivity contribution is 5.80. The van der Waals surface area contributed by atoms with Gasteiger partial charge < -0.3 is 15.9 Å². The topological polar surface area (TPSA) is 116 Å². The number of para-hydroxylation sites is 1. The van der Waals surface area contributed by atoms with Crippen LogP contribution in [-0.4, -0.2) is 27.4 Å². The highest BCUT2D eigenvalue weighted by Crippen LogP contribution is 2.28. The third-order valence-electron chi connectivity index (χ3n) is 1.99. The van der Waals surface area contributed by atoms with E-state index in [1.165, 1.54) is 23.7 Å². The van der Waals surface area contributed by atoms with Crippen molar-refractivity contribution < 1.29 is 20.2 Å². The van der Waals surface area contributed by atoms with Crippen molar-refractivity contribution in [3.8, 4) is 11.5 Å². The highest BCUT2D eigenvalue weighted by Gasteiger charge is 2.16. The quantitative estimate of drug-likeness (QED) is 0.262. The number of nitrogens with two attached hydrogens (primary N) is 1. The second kappa shape index (κ2) is 4.63. The van der Waals surface area contributed by atoms with Gasteiger partial charge in [0.1, 0.15) is 0 Å². The Morgan fingerprint density at radius 1 is 1.47 bits per heavy atom. The van der Waals surface area contributed by atoms with Gasteiger partial charge in [0.25, 0.3) is 5.91 Å². The summed E-state index contributed by atoms with van der Waals surface area (Å²) in [5, 5.41) is 26.9. The highest BCUT2D eigenvalue weighted by atomic mass is 16.5. The summed E-state index contributed by atoms with van der Waals surface area (Å²) < 4.78 is 0. The smallest absolute Gasteiger partial charge is 0.260 e. The lowest BCUT2D eigenvalue weighted by molar-refractivity contribution is -0.130. The number of carbonyl (C=O) groups excluding carboxylic acids is 1. The molecule has 1 amide bonds. The Hall–Kier alpha value is -1.79. The molecule has 0 saturated carbocycles. The first-order valence-electron chi connectivity index (χ1n) is 4.25. The number of hydroxylamine groups is 1. The first kappa shape index (κ1) is 11.3. The van der Waals surface area contributed by atoms with Crippen LogP contribution in [0.25, 0.3) is 0 Å². The van der Waals surface area contributed by atoms with Crippen molar-refractivity contribution >= 4 is 5.91 Å². The lowest BCUT2D eigenvalue weighted by atomic mass is 10.0. The fourth-order valence-electron chi connectivity index (χ4n) is 1.16. The fourth-order valence-corrected chi connectivity index (χ4v) is 1.16. The monoisotopic (exact) mass is 212 g/mol. The van der Waals surface area contributed by atoms with Gasteiger partial charge in [0.2, 0.25) is 0 Å². The number of hydrogen-bond acceptors (Lipinski definition) is 5. The molecule has 0 radical (unpaired) electrons. The first-order valence-corrected chi connectivity index (χ1v) is 4.25. The number of rotatable bonds is 3. The molecule has 15 heavy (non-hydrogen) atoms. The summed E-state index contributed by atoms with van der Waals surface area (Å²) in [5.74, 6) is -1.33. The van der Waals surface area contributed by atoms with Crippen LogP contribution >= 0.6 is 0 Å². The molecule has 0 unspecified atom stereocenters. The predicted octanol–water partition coefficient (Wildman–Crippen LogP) is -0.527. The minimum Gasteiger partial charge on any atom is -0.504 e. The van der Waals surface area contributed by atoms with Crippen molar-refractivity contribution in [1.29, 1.82) is 0 Å². The zero-order valence-electron chi connectivity index (χ0n) is 7.84. The van der Waals surface area contributed by atoms with E-state index in [2.05, 4.69) is 0 Å². The number of benzene rings is 1. The van der Waals surface area contributed by atoms with Crippen LogP contribution in [0.15, 0.2) is 18.2 Å². The number of carbonyl (C=O) groups is 1. The molecule has 0 aromatic heterocycles. The summed E-state index contributed by atoms with van der Waals surface area (Å²) in [4.78, 5) is 10.9. The standard InChI is InChI=1S/C9H12N2O4/c10-6(9(14)11-15)4-5-2-1-3-7(12)8(5)13/h1-3,6,12-13,15H,4,10H2,(H,11,14)/t6-/m0/s1. The van der Waals surface area contributed by atoms with Crippen molar-refractivity contribution in [3.05, 3.63) is 23.8 Å². The Morgan fingerprint density at radius 3 is 2.73 bits per heavy atom. The molecule has 0 bridgehead atoms. The van der Waals surface area contributed by atoms with E-state index < -0.39 is 11.9 Å². The molecule has 0 aliphatic heterocycles. The van der Waals surface area contributed by atoms with Crippen molar-refractivity contribution in [2.75, 3.05) is 0 Å². The summed E-state index contributed by atoms with van der Waals surface area (Å²) in [6.45, 7) is 0. The number of nitrogens with one attached hydrogen (secondary N) is 1. The van der Waals surface area contributed by atoms with Crippen LogP contribution in [0.4, 0.5) is 0 Å². The normalized spacial score (nSPS) is 12.1. The summed E-state index contributed by atoms with van der Waals surface area (Å²) >= 11 is 0. The van der Waals surface area contributed by atoms with Crippen LogP contribution in [0.2, 0.25) is 0 Å². The molecule has 6 N–H and O–H groups in total. The lowest BCUT2D eigenvalue weighted by Crippen LogP contribution is -2.40. The van der Waals surface area contributed by atoms with Crippen LogP contribution in [0.3, 0.4) is 0 Å². The molecule has 0 aliphatic carbocycles. The SMILES string of the molecule is N[C@@H](Cc1cccc(O)c1O)C(=O)NO. The summed E-state index contributed by atoms with van der Waals surface area (Å²) in [6.07, 6.45) is 0.0205. The van der Waals surface area contributed by atoms with Gasteiger partial charge in [-0.05, 0) is 11.6 Å². The summed E-state index contributed by atoms with van der Waals surface area (Å²) in [6, 6.07) is 3.38. The molecule has 6 heteroatoms. The van der Waals surface area contributed by atoms with Gasteiger partial charge in [0.15, 0.2) is 11.5 Å². The predicted molar refractivity (Wildman–Crippen MR) is 51.4 cm³/mol. The van der Waals surface area contributed by atoms with Crippen molar-refractivity contribution in [1.82, 2.24) is 5.48 Å². The number of aromatic hydroxyl groups is 2. The Morgan fingerprint density at radius 2 is 2.13 bits per heavy atom. The van der Waals surface area contributed by atoms with E-state index >= 15 is 0 Å². The van der Waals surface area contributed by atoms with Gasteiger partial charge in [-0.15, -0.1) is 0 Å². The van der Waals surface area contributed by atoms with Gasteiger partial charge in [0.05, 0.1) is 6.04 Å². The second-order valence-corrected chi connectivity index (χ2v) is 3.07. The van der Waals surface area contributed by atoms with Crippen LogP contribution in [0.1, 0.15) is 5.56 Å².